The number of carboxylic acid groups (broad SMARTS) is 1. The van der Waals surface area contributed by atoms with Gasteiger partial charge in [-0.1, -0.05) is 6.92 Å². The molecule has 116 valence electrons. The summed E-state index contributed by atoms with van der Waals surface area (Å²) in [5, 5.41) is 8.94. The van der Waals surface area contributed by atoms with Crippen molar-refractivity contribution in [1.29, 1.82) is 0 Å². The monoisotopic (exact) mass is 375 g/mol. The first-order chi connectivity index (χ1) is 9.73. The van der Waals surface area contributed by atoms with Crippen molar-refractivity contribution in [3.05, 3.63) is 28.2 Å². The summed E-state index contributed by atoms with van der Waals surface area (Å²) in [6.45, 7) is 4.53. The van der Waals surface area contributed by atoms with Crippen molar-refractivity contribution < 1.29 is 18.3 Å². The third kappa shape index (κ3) is 3.30. The lowest BCUT2D eigenvalue weighted by Crippen LogP contribution is -2.44. The minimum absolute atomic E-state index is 0.0511. The molecule has 2 rings (SSSR count). The van der Waals surface area contributed by atoms with E-state index in [1.165, 1.54) is 22.5 Å². The zero-order chi connectivity index (χ0) is 15.8. The van der Waals surface area contributed by atoms with Crippen LogP contribution < -0.4 is 0 Å². The topological polar surface area (TPSA) is 74.7 Å². The minimum atomic E-state index is -3.61. The third-order valence-electron chi connectivity index (χ3n) is 3.84. The number of aromatic carboxylic acids is 1. The first-order valence-corrected chi connectivity index (χ1v) is 9.01. The van der Waals surface area contributed by atoms with Crippen molar-refractivity contribution >= 4 is 31.9 Å². The maximum atomic E-state index is 12.8. The van der Waals surface area contributed by atoms with E-state index >= 15 is 0 Å². The van der Waals surface area contributed by atoms with E-state index in [2.05, 4.69) is 22.9 Å². The van der Waals surface area contributed by atoms with Crippen LogP contribution in [-0.2, 0) is 10.0 Å². The second-order valence-corrected chi connectivity index (χ2v) is 8.26. The van der Waals surface area contributed by atoms with Crippen molar-refractivity contribution in [2.24, 2.45) is 5.92 Å². The maximum absolute atomic E-state index is 12.8. The van der Waals surface area contributed by atoms with Gasteiger partial charge in [-0.3, -0.25) is 0 Å². The van der Waals surface area contributed by atoms with Crippen LogP contribution in [0.15, 0.2) is 27.6 Å². The predicted molar refractivity (Wildman–Crippen MR) is 82.9 cm³/mol. The van der Waals surface area contributed by atoms with Crippen molar-refractivity contribution in [2.45, 2.75) is 37.6 Å². The Labute approximate surface area is 133 Å². The summed E-state index contributed by atoms with van der Waals surface area (Å²) in [6, 6.07) is 3.95. The van der Waals surface area contributed by atoms with Gasteiger partial charge in [-0.15, -0.1) is 0 Å². The molecule has 1 heterocycles. The molecule has 1 fully saturated rings. The Morgan fingerprint density at radius 3 is 2.57 bits per heavy atom. The number of halogens is 1. The zero-order valence-corrected chi connectivity index (χ0v) is 14.3. The number of rotatable bonds is 3. The van der Waals surface area contributed by atoms with Crippen LogP contribution >= 0.6 is 15.9 Å². The summed E-state index contributed by atoms with van der Waals surface area (Å²) < 4.78 is 27.3. The van der Waals surface area contributed by atoms with Crippen LogP contribution in [0.4, 0.5) is 0 Å². The Bertz CT molecular complexity index is 659. The predicted octanol–water partition coefficient (Wildman–Crippen LogP) is 2.96. The van der Waals surface area contributed by atoms with Gasteiger partial charge in [0.2, 0.25) is 10.0 Å². The first-order valence-electron chi connectivity index (χ1n) is 6.78. The number of benzene rings is 1. The molecule has 1 aliphatic rings. The van der Waals surface area contributed by atoms with Crippen LogP contribution in [0.3, 0.4) is 0 Å². The van der Waals surface area contributed by atoms with Crippen LogP contribution in [0, 0.1) is 5.92 Å². The lowest BCUT2D eigenvalue weighted by atomic mass is 9.95. The summed E-state index contributed by atoms with van der Waals surface area (Å²) >= 11 is 3.18. The molecule has 0 saturated carbocycles. The maximum Gasteiger partial charge on any atom is 0.335 e. The van der Waals surface area contributed by atoms with Gasteiger partial charge in [0.25, 0.3) is 0 Å². The van der Waals surface area contributed by atoms with E-state index < -0.39 is 16.0 Å². The van der Waals surface area contributed by atoms with E-state index in [0.29, 0.717) is 12.5 Å². The van der Waals surface area contributed by atoms with Gasteiger partial charge in [-0.05, 0) is 59.8 Å². The highest BCUT2D eigenvalue weighted by molar-refractivity contribution is 9.10. The fourth-order valence-electron chi connectivity index (χ4n) is 2.71. The Morgan fingerprint density at radius 2 is 2.05 bits per heavy atom. The number of nitrogens with zero attached hydrogens (tertiary/aromatic N) is 1. The molecule has 1 saturated heterocycles. The highest BCUT2D eigenvalue weighted by atomic mass is 79.9. The second kappa shape index (κ2) is 6.06. The van der Waals surface area contributed by atoms with Crippen LogP contribution in [-0.4, -0.2) is 36.4 Å². The Balaban J connectivity index is 2.38. The molecule has 0 bridgehead atoms. The van der Waals surface area contributed by atoms with Crippen molar-refractivity contribution in [1.82, 2.24) is 4.31 Å². The van der Waals surface area contributed by atoms with Crippen LogP contribution in [0.25, 0.3) is 0 Å². The molecule has 0 amide bonds. The van der Waals surface area contributed by atoms with Gasteiger partial charge in [-0.25, -0.2) is 13.2 Å². The van der Waals surface area contributed by atoms with Gasteiger partial charge < -0.3 is 5.11 Å². The number of hydrogen-bond acceptors (Lipinski definition) is 3. The summed E-state index contributed by atoms with van der Waals surface area (Å²) in [7, 11) is -3.61. The molecular formula is C14H18BrNO4S. The highest BCUT2D eigenvalue weighted by Gasteiger charge is 2.34. The quantitative estimate of drug-likeness (QED) is 0.880. The smallest absolute Gasteiger partial charge is 0.335 e. The molecule has 0 radical (unpaired) electrons. The van der Waals surface area contributed by atoms with E-state index in [1.807, 2.05) is 6.92 Å². The fourth-order valence-corrected chi connectivity index (χ4v) is 5.41. The van der Waals surface area contributed by atoms with Gasteiger partial charge >= 0.3 is 5.97 Å². The van der Waals surface area contributed by atoms with Gasteiger partial charge in [0.15, 0.2) is 0 Å². The van der Waals surface area contributed by atoms with Crippen molar-refractivity contribution in [2.75, 3.05) is 6.54 Å². The number of sulfonamides is 1. The molecular weight excluding hydrogens is 358 g/mol. The first kappa shape index (κ1) is 16.5. The van der Waals surface area contributed by atoms with Crippen molar-refractivity contribution in [3.8, 4) is 0 Å². The van der Waals surface area contributed by atoms with Crippen LogP contribution in [0.2, 0.25) is 0 Å². The van der Waals surface area contributed by atoms with E-state index in [1.54, 1.807) is 0 Å². The summed E-state index contributed by atoms with van der Waals surface area (Å²) in [5.74, 6) is -0.566. The molecule has 1 N–H and O–H groups in total. The van der Waals surface area contributed by atoms with Crippen molar-refractivity contribution in [3.63, 3.8) is 0 Å². The Morgan fingerprint density at radius 1 is 1.38 bits per heavy atom. The fraction of sp³-hybridized carbons (Fsp3) is 0.500. The molecule has 0 aliphatic carbocycles. The molecule has 2 unspecified atom stereocenters. The summed E-state index contributed by atoms with van der Waals surface area (Å²) in [6.07, 6.45) is 1.68. The lowest BCUT2D eigenvalue weighted by molar-refractivity contribution is 0.0696. The number of piperidine rings is 1. The lowest BCUT2D eigenvalue weighted by Gasteiger charge is -2.35. The largest absolute Gasteiger partial charge is 0.478 e. The minimum Gasteiger partial charge on any atom is -0.478 e. The molecule has 1 aromatic rings. The molecule has 0 aromatic heterocycles. The number of carbonyl (C=O) groups is 1. The molecule has 21 heavy (non-hydrogen) atoms. The van der Waals surface area contributed by atoms with Crippen LogP contribution in [0.1, 0.15) is 37.0 Å². The van der Waals surface area contributed by atoms with Gasteiger partial charge in [0.1, 0.15) is 0 Å². The average Bonchev–Trinajstić information content (AvgIpc) is 2.37. The van der Waals surface area contributed by atoms with E-state index in [0.717, 1.165) is 12.8 Å². The molecule has 7 heteroatoms. The summed E-state index contributed by atoms with van der Waals surface area (Å²) in [5.41, 5.74) is 0.0566. The van der Waals surface area contributed by atoms with Gasteiger partial charge in [0, 0.05) is 17.1 Å². The molecule has 2 atom stereocenters. The average molecular weight is 376 g/mol. The highest BCUT2D eigenvalue weighted by Crippen LogP contribution is 2.31. The summed E-state index contributed by atoms with van der Waals surface area (Å²) in [4.78, 5) is 11.0. The Hall–Kier alpha value is -0.920. The van der Waals surface area contributed by atoms with Gasteiger partial charge in [0.05, 0.1) is 10.5 Å². The van der Waals surface area contributed by atoms with E-state index in [9.17, 15) is 13.2 Å². The van der Waals surface area contributed by atoms with E-state index in [4.69, 9.17) is 5.11 Å². The third-order valence-corrected chi connectivity index (χ3v) is 6.83. The molecule has 0 spiro atoms. The second-order valence-electron chi connectivity index (χ2n) is 5.54. The standard InChI is InChI=1S/C14H18BrNO4S/c1-9-5-6-16(10(2)7-9)21(19,20)13-4-3-11(14(17)18)8-12(13)15/h3-4,8-10H,5-7H2,1-2H3,(H,17,18). The van der Waals surface area contributed by atoms with E-state index in [-0.39, 0.29) is 21.0 Å². The molecule has 1 aliphatic heterocycles. The normalized spacial score (nSPS) is 24.0. The molecule has 5 nitrogen and oxygen atoms in total. The van der Waals surface area contributed by atoms with Crippen LogP contribution in [0.5, 0.6) is 0 Å². The Kier molecular flexibility index (Phi) is 4.75. The number of carboxylic acids is 1. The number of hydrogen-bond donors (Lipinski definition) is 1. The van der Waals surface area contributed by atoms with Gasteiger partial charge in [-0.2, -0.15) is 4.31 Å². The SMILES string of the molecule is CC1CCN(S(=O)(=O)c2ccc(C(=O)O)cc2Br)C(C)C1. The molecule has 1 aromatic carbocycles. The zero-order valence-electron chi connectivity index (χ0n) is 11.9.